The first-order chi connectivity index (χ1) is 16.6. The highest BCUT2D eigenvalue weighted by Crippen LogP contribution is 2.34. The van der Waals surface area contributed by atoms with Crippen molar-refractivity contribution in [1.82, 2.24) is 25.1 Å². The maximum absolute atomic E-state index is 11.5. The van der Waals surface area contributed by atoms with Crippen LogP contribution in [0.4, 0.5) is 23.3 Å². The minimum absolute atomic E-state index is 0.232. The van der Waals surface area contributed by atoms with E-state index in [2.05, 4.69) is 61.7 Å². The summed E-state index contributed by atoms with van der Waals surface area (Å²) in [6.07, 6.45) is 5.19. The lowest BCUT2D eigenvalue weighted by Gasteiger charge is -2.33. The van der Waals surface area contributed by atoms with Crippen molar-refractivity contribution < 1.29 is 8.42 Å². The summed E-state index contributed by atoms with van der Waals surface area (Å²) >= 11 is 0. The predicted octanol–water partition coefficient (Wildman–Crippen LogP) is 4.14. The standard InChI is InChI=1S/C25H35N7O2S/c1-16-13-22(27-25-26-15-18(3)24(29-25)28-23-14-19(4)30-31-23)17(2)12-21(16)20-6-8-32(9-7-20)10-11-35(5,33)34/h12-15,20H,6-11H2,1-5H3,(H3,26,27,28,29,30,31). The summed E-state index contributed by atoms with van der Waals surface area (Å²) in [6, 6.07) is 6.37. The van der Waals surface area contributed by atoms with Crippen LogP contribution in [0.3, 0.4) is 0 Å². The molecule has 4 rings (SSSR count). The summed E-state index contributed by atoms with van der Waals surface area (Å²) in [7, 11) is -2.92. The van der Waals surface area contributed by atoms with Gasteiger partial charge < -0.3 is 15.5 Å². The van der Waals surface area contributed by atoms with Crippen molar-refractivity contribution in [2.45, 2.75) is 46.5 Å². The highest BCUT2D eigenvalue weighted by atomic mass is 32.2. The van der Waals surface area contributed by atoms with E-state index in [4.69, 9.17) is 0 Å². The number of aryl methyl sites for hydroxylation is 4. The normalized spacial score (nSPS) is 15.3. The van der Waals surface area contributed by atoms with Gasteiger partial charge in [0, 0.05) is 42.0 Å². The zero-order chi connectivity index (χ0) is 25.2. The second kappa shape index (κ2) is 10.3. The van der Waals surface area contributed by atoms with Crippen LogP contribution in [-0.4, -0.2) is 65.1 Å². The molecule has 35 heavy (non-hydrogen) atoms. The van der Waals surface area contributed by atoms with E-state index in [-0.39, 0.29) is 5.75 Å². The molecule has 0 spiro atoms. The number of benzene rings is 1. The molecule has 3 N–H and O–H groups in total. The van der Waals surface area contributed by atoms with Crippen molar-refractivity contribution in [3.63, 3.8) is 0 Å². The number of hydrogen-bond acceptors (Lipinski definition) is 8. The van der Waals surface area contributed by atoms with Gasteiger partial charge in [-0.15, -0.1) is 0 Å². The van der Waals surface area contributed by atoms with E-state index in [0.29, 0.717) is 30.0 Å². The number of nitrogens with one attached hydrogen (secondary N) is 3. The smallest absolute Gasteiger partial charge is 0.229 e. The number of hydrogen-bond donors (Lipinski definition) is 3. The van der Waals surface area contributed by atoms with Crippen LogP contribution in [0.15, 0.2) is 24.4 Å². The molecule has 1 fully saturated rings. The SMILES string of the molecule is Cc1cc(Nc2nc(Nc3cc(C)c(C4CCN(CCS(C)(=O)=O)CC4)cc3C)ncc2C)n[nH]1. The molecule has 0 atom stereocenters. The largest absolute Gasteiger partial charge is 0.324 e. The monoisotopic (exact) mass is 497 g/mol. The highest BCUT2D eigenvalue weighted by Gasteiger charge is 2.23. The molecule has 3 heterocycles. The van der Waals surface area contributed by atoms with Crippen LogP contribution < -0.4 is 10.6 Å². The third kappa shape index (κ3) is 6.58. The van der Waals surface area contributed by atoms with Gasteiger partial charge in [0.05, 0.1) is 5.75 Å². The number of aromatic nitrogens is 4. The Kier molecular flexibility index (Phi) is 7.42. The molecule has 1 aromatic carbocycles. The van der Waals surface area contributed by atoms with Crippen LogP contribution in [0.5, 0.6) is 0 Å². The van der Waals surface area contributed by atoms with Crippen LogP contribution in [0.1, 0.15) is 46.7 Å². The van der Waals surface area contributed by atoms with Crippen molar-refractivity contribution in [3.05, 3.63) is 52.3 Å². The Hall–Kier alpha value is -2.98. The van der Waals surface area contributed by atoms with Crippen LogP contribution in [0.25, 0.3) is 0 Å². The minimum atomic E-state index is -2.92. The Morgan fingerprint density at radius 1 is 1.03 bits per heavy atom. The van der Waals surface area contributed by atoms with E-state index in [9.17, 15) is 8.42 Å². The molecule has 0 amide bonds. The summed E-state index contributed by atoms with van der Waals surface area (Å²) in [5.74, 6) is 2.67. The van der Waals surface area contributed by atoms with Crippen molar-refractivity contribution in [2.75, 3.05) is 42.3 Å². The van der Waals surface area contributed by atoms with Crippen LogP contribution in [-0.2, 0) is 9.84 Å². The van der Waals surface area contributed by atoms with E-state index in [1.807, 2.05) is 19.9 Å². The Morgan fingerprint density at radius 3 is 2.43 bits per heavy atom. The van der Waals surface area contributed by atoms with Crippen LogP contribution in [0, 0.1) is 27.7 Å². The van der Waals surface area contributed by atoms with Crippen molar-refractivity contribution >= 4 is 33.1 Å². The molecule has 188 valence electrons. The Labute approximate surface area is 207 Å². The van der Waals surface area contributed by atoms with Gasteiger partial charge in [-0.05, 0) is 82.3 Å². The predicted molar refractivity (Wildman–Crippen MR) is 141 cm³/mol. The van der Waals surface area contributed by atoms with E-state index >= 15 is 0 Å². The number of H-pyrrole nitrogens is 1. The molecule has 1 aliphatic rings. The molecule has 10 heteroatoms. The van der Waals surface area contributed by atoms with Crippen molar-refractivity contribution in [2.24, 2.45) is 0 Å². The lowest BCUT2D eigenvalue weighted by molar-refractivity contribution is 0.223. The molecule has 0 bridgehead atoms. The van der Waals surface area contributed by atoms with Gasteiger partial charge in [-0.3, -0.25) is 5.10 Å². The second-order valence-corrected chi connectivity index (χ2v) is 11.9. The van der Waals surface area contributed by atoms with E-state index in [1.54, 1.807) is 6.20 Å². The first-order valence-corrected chi connectivity index (χ1v) is 14.0. The number of likely N-dealkylation sites (tertiary alicyclic amines) is 1. The quantitative estimate of drug-likeness (QED) is 0.425. The summed E-state index contributed by atoms with van der Waals surface area (Å²) < 4.78 is 22.9. The minimum Gasteiger partial charge on any atom is -0.324 e. The highest BCUT2D eigenvalue weighted by molar-refractivity contribution is 7.90. The number of anilines is 4. The molecule has 3 aromatic rings. The molecule has 1 saturated heterocycles. The van der Waals surface area contributed by atoms with Gasteiger partial charge >= 0.3 is 0 Å². The summed E-state index contributed by atoms with van der Waals surface area (Å²) in [6.45, 7) is 10.7. The maximum atomic E-state index is 11.5. The molecule has 0 aliphatic carbocycles. The first-order valence-electron chi connectivity index (χ1n) is 12.0. The van der Waals surface area contributed by atoms with Crippen molar-refractivity contribution in [1.29, 1.82) is 0 Å². The van der Waals surface area contributed by atoms with E-state index in [1.165, 1.54) is 17.4 Å². The Morgan fingerprint density at radius 2 is 1.77 bits per heavy atom. The third-order valence-electron chi connectivity index (χ3n) is 6.59. The summed E-state index contributed by atoms with van der Waals surface area (Å²) in [5.41, 5.74) is 6.65. The summed E-state index contributed by atoms with van der Waals surface area (Å²) in [4.78, 5) is 11.4. The van der Waals surface area contributed by atoms with Gasteiger partial charge in [0.25, 0.3) is 0 Å². The maximum Gasteiger partial charge on any atom is 0.229 e. The number of nitrogens with zero attached hydrogens (tertiary/aromatic N) is 4. The molecule has 9 nitrogen and oxygen atoms in total. The van der Waals surface area contributed by atoms with Gasteiger partial charge in [0.2, 0.25) is 5.95 Å². The van der Waals surface area contributed by atoms with Gasteiger partial charge in [0.15, 0.2) is 5.82 Å². The Bertz CT molecular complexity index is 1300. The number of sulfone groups is 1. The Balaban J connectivity index is 1.43. The summed E-state index contributed by atoms with van der Waals surface area (Å²) in [5, 5.41) is 13.8. The first kappa shape index (κ1) is 25.1. The fourth-order valence-electron chi connectivity index (χ4n) is 4.53. The van der Waals surface area contributed by atoms with Gasteiger partial charge in [-0.25, -0.2) is 13.4 Å². The molecular weight excluding hydrogens is 462 g/mol. The van der Waals surface area contributed by atoms with Crippen molar-refractivity contribution in [3.8, 4) is 0 Å². The molecule has 2 aromatic heterocycles. The van der Waals surface area contributed by atoms with Crippen LogP contribution >= 0.6 is 0 Å². The topological polar surface area (TPSA) is 116 Å². The zero-order valence-electron chi connectivity index (χ0n) is 21.1. The van der Waals surface area contributed by atoms with Crippen LogP contribution in [0.2, 0.25) is 0 Å². The lowest BCUT2D eigenvalue weighted by atomic mass is 9.85. The molecule has 1 aliphatic heterocycles. The molecule has 0 saturated carbocycles. The van der Waals surface area contributed by atoms with E-state index in [0.717, 1.165) is 48.4 Å². The number of aromatic amines is 1. The average molecular weight is 498 g/mol. The van der Waals surface area contributed by atoms with Gasteiger partial charge in [0.1, 0.15) is 15.7 Å². The third-order valence-corrected chi connectivity index (χ3v) is 7.51. The lowest BCUT2D eigenvalue weighted by Crippen LogP contribution is -2.36. The number of piperidine rings is 1. The fraction of sp³-hybridized carbons (Fsp3) is 0.480. The van der Waals surface area contributed by atoms with E-state index < -0.39 is 9.84 Å². The fourth-order valence-corrected chi connectivity index (χ4v) is 5.12. The molecule has 0 radical (unpaired) electrons. The van der Waals surface area contributed by atoms with Gasteiger partial charge in [-0.2, -0.15) is 10.1 Å². The zero-order valence-corrected chi connectivity index (χ0v) is 22.0. The second-order valence-electron chi connectivity index (χ2n) is 9.68. The molecular formula is C25H35N7O2S. The average Bonchev–Trinajstić information content (AvgIpc) is 3.21. The van der Waals surface area contributed by atoms with Gasteiger partial charge in [-0.1, -0.05) is 6.07 Å². The number of rotatable bonds is 8. The molecule has 0 unspecified atom stereocenters.